The molecule has 1 N–H and O–H groups in total. The number of aliphatic hydroxyl groups excluding tert-OH is 1. The van der Waals surface area contributed by atoms with E-state index in [4.69, 9.17) is 21.4 Å². The third-order valence-corrected chi connectivity index (χ3v) is 2.45. The van der Waals surface area contributed by atoms with Crippen LogP contribution in [0.1, 0.15) is 5.56 Å². The summed E-state index contributed by atoms with van der Waals surface area (Å²) in [6.45, 7) is 0.149. The standard InChI is InChI=1S/C13H12ClNO2/c14-12-2-1-3-13(15-12)17-11-6-4-10(5-7-11)8-9-16/h1-7,16H,8-9H2. The van der Waals surface area contributed by atoms with Crippen molar-refractivity contribution in [3.8, 4) is 11.6 Å². The Morgan fingerprint density at radius 1 is 1.12 bits per heavy atom. The van der Waals surface area contributed by atoms with Gasteiger partial charge in [-0.2, -0.15) is 0 Å². The molecule has 0 atom stereocenters. The quantitative estimate of drug-likeness (QED) is 0.847. The molecular formula is C13H12ClNO2. The lowest BCUT2D eigenvalue weighted by molar-refractivity contribution is 0.299. The Kier molecular flexibility index (Phi) is 3.96. The van der Waals surface area contributed by atoms with Gasteiger partial charge in [-0.3, -0.25) is 0 Å². The number of pyridine rings is 1. The summed E-state index contributed by atoms with van der Waals surface area (Å²) in [6, 6.07) is 12.7. The van der Waals surface area contributed by atoms with E-state index < -0.39 is 0 Å². The van der Waals surface area contributed by atoms with Gasteiger partial charge in [-0.15, -0.1) is 0 Å². The summed E-state index contributed by atoms with van der Waals surface area (Å²) in [5, 5.41) is 9.20. The van der Waals surface area contributed by atoms with Gasteiger partial charge in [0.1, 0.15) is 10.9 Å². The molecule has 2 rings (SSSR count). The van der Waals surface area contributed by atoms with Crippen molar-refractivity contribution >= 4 is 11.6 Å². The smallest absolute Gasteiger partial charge is 0.220 e. The van der Waals surface area contributed by atoms with Crippen LogP contribution in [0, 0.1) is 0 Å². The SMILES string of the molecule is OCCc1ccc(Oc2cccc(Cl)n2)cc1. The summed E-state index contributed by atoms with van der Waals surface area (Å²) >= 11 is 5.76. The molecule has 0 saturated carbocycles. The minimum absolute atomic E-state index is 0.149. The van der Waals surface area contributed by atoms with E-state index in [2.05, 4.69) is 4.98 Å². The van der Waals surface area contributed by atoms with Crippen LogP contribution in [0.2, 0.25) is 5.15 Å². The van der Waals surface area contributed by atoms with Crippen LogP contribution in [0.3, 0.4) is 0 Å². The van der Waals surface area contributed by atoms with Gasteiger partial charge in [-0.25, -0.2) is 4.98 Å². The Hall–Kier alpha value is -1.58. The summed E-state index contributed by atoms with van der Waals surface area (Å²) in [5.41, 5.74) is 1.07. The van der Waals surface area contributed by atoms with Crippen LogP contribution >= 0.6 is 11.6 Å². The van der Waals surface area contributed by atoms with Crippen LogP contribution in [0.25, 0.3) is 0 Å². The molecule has 1 aromatic heterocycles. The van der Waals surface area contributed by atoms with Crippen LogP contribution < -0.4 is 4.74 Å². The van der Waals surface area contributed by atoms with E-state index >= 15 is 0 Å². The highest BCUT2D eigenvalue weighted by Crippen LogP contribution is 2.21. The fraction of sp³-hybridized carbons (Fsp3) is 0.154. The predicted molar refractivity (Wildman–Crippen MR) is 66.6 cm³/mol. The molecule has 4 heteroatoms. The molecule has 2 aromatic rings. The van der Waals surface area contributed by atoms with Crippen molar-refractivity contribution < 1.29 is 9.84 Å². The van der Waals surface area contributed by atoms with Gasteiger partial charge in [0.25, 0.3) is 0 Å². The Morgan fingerprint density at radius 2 is 1.88 bits per heavy atom. The molecule has 0 aliphatic heterocycles. The number of hydrogen-bond acceptors (Lipinski definition) is 3. The molecule has 0 saturated heterocycles. The Balaban J connectivity index is 2.08. The number of benzene rings is 1. The van der Waals surface area contributed by atoms with Gasteiger partial charge in [0.15, 0.2) is 0 Å². The van der Waals surface area contributed by atoms with Crippen molar-refractivity contribution in [2.45, 2.75) is 6.42 Å². The zero-order valence-corrected chi connectivity index (χ0v) is 9.89. The highest BCUT2D eigenvalue weighted by molar-refractivity contribution is 6.29. The lowest BCUT2D eigenvalue weighted by Gasteiger charge is -2.05. The molecule has 0 amide bonds. The molecule has 0 bridgehead atoms. The lowest BCUT2D eigenvalue weighted by Crippen LogP contribution is -1.91. The maximum absolute atomic E-state index is 8.80. The fourth-order valence-corrected chi connectivity index (χ4v) is 1.58. The molecule has 88 valence electrons. The van der Waals surface area contributed by atoms with Gasteiger partial charge >= 0.3 is 0 Å². The number of nitrogens with zero attached hydrogens (tertiary/aromatic N) is 1. The van der Waals surface area contributed by atoms with E-state index in [1.165, 1.54) is 0 Å². The number of aliphatic hydroxyl groups is 1. The van der Waals surface area contributed by atoms with Crippen molar-refractivity contribution in [3.05, 3.63) is 53.2 Å². The van der Waals surface area contributed by atoms with E-state index in [9.17, 15) is 0 Å². The Labute approximate surface area is 105 Å². The molecular weight excluding hydrogens is 238 g/mol. The Morgan fingerprint density at radius 3 is 2.53 bits per heavy atom. The number of hydrogen-bond donors (Lipinski definition) is 1. The molecule has 1 aromatic carbocycles. The molecule has 17 heavy (non-hydrogen) atoms. The normalized spacial score (nSPS) is 10.2. The summed E-state index contributed by atoms with van der Waals surface area (Å²) in [4.78, 5) is 4.03. The monoisotopic (exact) mass is 249 g/mol. The summed E-state index contributed by atoms with van der Waals surface area (Å²) < 4.78 is 5.53. The average Bonchev–Trinajstić information content (AvgIpc) is 2.32. The van der Waals surface area contributed by atoms with E-state index in [-0.39, 0.29) is 6.61 Å². The Bertz CT molecular complexity index is 485. The van der Waals surface area contributed by atoms with Gasteiger partial charge < -0.3 is 9.84 Å². The first kappa shape index (κ1) is 11.9. The first-order chi connectivity index (χ1) is 8.28. The molecule has 0 aliphatic carbocycles. The highest BCUT2D eigenvalue weighted by Gasteiger charge is 1.99. The third kappa shape index (κ3) is 3.44. The van der Waals surface area contributed by atoms with Crippen molar-refractivity contribution in [3.63, 3.8) is 0 Å². The van der Waals surface area contributed by atoms with Crippen molar-refractivity contribution in [2.75, 3.05) is 6.61 Å². The van der Waals surface area contributed by atoms with Gasteiger partial charge in [0.05, 0.1) is 0 Å². The summed E-state index contributed by atoms with van der Waals surface area (Å²) in [6.07, 6.45) is 0.649. The minimum atomic E-state index is 0.149. The third-order valence-electron chi connectivity index (χ3n) is 2.24. The minimum Gasteiger partial charge on any atom is -0.439 e. The second-order valence-electron chi connectivity index (χ2n) is 3.52. The number of halogens is 1. The summed E-state index contributed by atoms with van der Waals surface area (Å²) in [7, 11) is 0. The van der Waals surface area contributed by atoms with Crippen LogP contribution in [0.15, 0.2) is 42.5 Å². The van der Waals surface area contributed by atoms with E-state index in [1.807, 2.05) is 24.3 Å². The van der Waals surface area contributed by atoms with Crippen LogP contribution in [-0.4, -0.2) is 16.7 Å². The molecule has 0 fully saturated rings. The van der Waals surface area contributed by atoms with Gasteiger partial charge in [-0.05, 0) is 30.2 Å². The van der Waals surface area contributed by atoms with Gasteiger partial charge in [0, 0.05) is 12.7 Å². The van der Waals surface area contributed by atoms with E-state index in [1.54, 1.807) is 18.2 Å². The molecule has 1 heterocycles. The molecule has 0 aliphatic rings. The molecule has 0 spiro atoms. The molecule has 0 unspecified atom stereocenters. The second-order valence-corrected chi connectivity index (χ2v) is 3.91. The molecule has 3 nitrogen and oxygen atoms in total. The highest BCUT2D eigenvalue weighted by atomic mass is 35.5. The number of aromatic nitrogens is 1. The van der Waals surface area contributed by atoms with E-state index in [0.29, 0.717) is 23.2 Å². The first-order valence-electron chi connectivity index (χ1n) is 5.28. The van der Waals surface area contributed by atoms with E-state index in [0.717, 1.165) is 5.56 Å². The van der Waals surface area contributed by atoms with Crippen molar-refractivity contribution in [2.24, 2.45) is 0 Å². The van der Waals surface area contributed by atoms with Crippen LogP contribution in [0.5, 0.6) is 11.6 Å². The van der Waals surface area contributed by atoms with Crippen LogP contribution in [-0.2, 0) is 6.42 Å². The van der Waals surface area contributed by atoms with Gasteiger partial charge in [-0.1, -0.05) is 29.8 Å². The lowest BCUT2D eigenvalue weighted by atomic mass is 10.1. The van der Waals surface area contributed by atoms with Gasteiger partial charge in [0.2, 0.25) is 5.88 Å². The maximum Gasteiger partial charge on any atom is 0.220 e. The maximum atomic E-state index is 8.80. The van der Waals surface area contributed by atoms with Crippen molar-refractivity contribution in [1.82, 2.24) is 4.98 Å². The fourth-order valence-electron chi connectivity index (χ4n) is 1.42. The van der Waals surface area contributed by atoms with Crippen molar-refractivity contribution in [1.29, 1.82) is 0 Å². The number of ether oxygens (including phenoxy) is 1. The first-order valence-corrected chi connectivity index (χ1v) is 5.66. The topological polar surface area (TPSA) is 42.4 Å². The molecule has 0 radical (unpaired) electrons. The van der Waals surface area contributed by atoms with Crippen LogP contribution in [0.4, 0.5) is 0 Å². The largest absolute Gasteiger partial charge is 0.439 e. The number of rotatable bonds is 4. The predicted octanol–water partition coefficient (Wildman–Crippen LogP) is 3.06. The zero-order chi connectivity index (χ0) is 12.1. The average molecular weight is 250 g/mol. The summed E-state index contributed by atoms with van der Waals surface area (Å²) in [5.74, 6) is 1.16. The second kappa shape index (κ2) is 5.66. The zero-order valence-electron chi connectivity index (χ0n) is 9.14.